The van der Waals surface area contributed by atoms with Gasteiger partial charge in [-0.3, -0.25) is 9.97 Å². The molecule has 0 saturated carbocycles. The number of hydrogen-bond acceptors (Lipinski definition) is 5. The molecule has 1 radical (unpaired) electrons. The number of carbonyl (C=O) groups is 1. The van der Waals surface area contributed by atoms with E-state index < -0.39 is 5.97 Å². The molecule has 0 aliphatic carbocycles. The molecule has 0 fully saturated rings. The van der Waals surface area contributed by atoms with Crippen molar-refractivity contribution in [1.82, 2.24) is 15.0 Å². The number of nitrogens with zero attached hydrogens (tertiary/aromatic N) is 3. The SMILES string of the molecule is O=C(O)c1ncccc1O.[Ir].[c-]1ccccc1-c1nc2ccccc2c2ccccc12.[c-]1ccccc1-c1nc2ccccc2c2ccccc12. The van der Waals surface area contributed by atoms with Crippen LogP contribution in [0.25, 0.3) is 65.9 Å². The van der Waals surface area contributed by atoms with Crippen LogP contribution in [0, 0.1) is 12.1 Å². The molecule has 0 atom stereocenters. The first-order valence-electron chi connectivity index (χ1n) is 15.9. The van der Waals surface area contributed by atoms with Crippen LogP contribution in [0.4, 0.5) is 0 Å². The van der Waals surface area contributed by atoms with E-state index in [1.807, 2.05) is 48.5 Å². The quantitative estimate of drug-likeness (QED) is 0.136. The molecule has 6 aromatic carbocycles. The number of benzene rings is 6. The molecule has 0 aliphatic heterocycles. The molecule has 0 aliphatic rings. The first-order valence-corrected chi connectivity index (χ1v) is 15.9. The average molecular weight is 840 g/mol. The molecule has 7 heteroatoms. The normalized spacial score (nSPS) is 10.4. The summed E-state index contributed by atoms with van der Waals surface area (Å²) in [6.45, 7) is 0. The number of carboxylic acid groups (broad SMARTS) is 1. The Labute approximate surface area is 308 Å². The first kappa shape index (κ1) is 34.6. The van der Waals surface area contributed by atoms with Crippen molar-refractivity contribution in [3.05, 3.63) is 182 Å². The third-order valence-corrected chi connectivity index (χ3v) is 8.13. The van der Waals surface area contributed by atoms with E-state index >= 15 is 0 Å². The summed E-state index contributed by atoms with van der Waals surface area (Å²) in [7, 11) is 0. The molecule has 3 aromatic heterocycles. The van der Waals surface area contributed by atoms with E-state index in [-0.39, 0.29) is 31.5 Å². The number of carboxylic acids is 1. The van der Waals surface area contributed by atoms with E-state index in [2.05, 4.69) is 114 Å². The van der Waals surface area contributed by atoms with Crippen LogP contribution in [-0.4, -0.2) is 31.1 Å². The summed E-state index contributed by atoms with van der Waals surface area (Å²) >= 11 is 0. The Morgan fingerprint density at radius 1 is 0.490 bits per heavy atom. The molecular formula is C44H29IrN3O3-2. The van der Waals surface area contributed by atoms with Crippen LogP contribution in [0.3, 0.4) is 0 Å². The summed E-state index contributed by atoms with van der Waals surface area (Å²) in [4.78, 5) is 23.3. The molecule has 2 N–H and O–H groups in total. The summed E-state index contributed by atoms with van der Waals surface area (Å²) in [5.41, 5.74) is 5.81. The Bertz CT molecular complexity index is 2440. The fraction of sp³-hybridized carbons (Fsp3) is 0. The van der Waals surface area contributed by atoms with Crippen molar-refractivity contribution in [1.29, 1.82) is 0 Å². The van der Waals surface area contributed by atoms with Crippen molar-refractivity contribution in [2.24, 2.45) is 0 Å². The number of aromatic carboxylic acids is 1. The van der Waals surface area contributed by atoms with Gasteiger partial charge in [-0.15, -0.1) is 71.8 Å². The molecule has 0 amide bonds. The van der Waals surface area contributed by atoms with E-state index in [4.69, 9.17) is 20.2 Å². The maximum atomic E-state index is 10.2. The predicted octanol–water partition coefficient (Wildman–Crippen LogP) is 10.2. The molecule has 9 rings (SSSR count). The number of pyridine rings is 3. The standard InChI is InChI=1S/2C19H12N.C6H5NO3.Ir/c2*1-2-8-14(9-3-1)19-17-12-5-4-10-15(17)16-11-6-7-13-18(16)20-19;8-4-2-1-3-7-5(4)6(9)10;/h2*1-8,10-13H;1-3,8H,(H,9,10);/q2*-1;;. The van der Waals surface area contributed by atoms with Gasteiger partial charge in [-0.25, -0.2) is 9.78 Å². The number of aromatic hydroxyl groups is 1. The van der Waals surface area contributed by atoms with Crippen molar-refractivity contribution >= 4 is 49.3 Å². The fourth-order valence-corrected chi connectivity index (χ4v) is 5.86. The van der Waals surface area contributed by atoms with E-state index in [1.165, 1.54) is 50.6 Å². The van der Waals surface area contributed by atoms with E-state index in [1.54, 1.807) is 0 Å². The molecule has 249 valence electrons. The number of para-hydroxylation sites is 2. The zero-order valence-electron chi connectivity index (χ0n) is 27.1. The van der Waals surface area contributed by atoms with E-state index in [0.717, 1.165) is 33.5 Å². The minimum absolute atomic E-state index is 0. The van der Waals surface area contributed by atoms with Gasteiger partial charge >= 0.3 is 5.97 Å². The Kier molecular flexibility index (Phi) is 10.8. The minimum Gasteiger partial charge on any atom is -0.505 e. The van der Waals surface area contributed by atoms with Gasteiger partial charge in [0.25, 0.3) is 0 Å². The summed E-state index contributed by atoms with van der Waals surface area (Å²) < 4.78 is 0. The van der Waals surface area contributed by atoms with E-state index in [9.17, 15) is 4.79 Å². The van der Waals surface area contributed by atoms with Crippen LogP contribution >= 0.6 is 0 Å². The van der Waals surface area contributed by atoms with Crippen LogP contribution in [0.1, 0.15) is 10.5 Å². The van der Waals surface area contributed by atoms with Gasteiger partial charge in [-0.2, -0.15) is 0 Å². The molecule has 0 spiro atoms. The van der Waals surface area contributed by atoms with Crippen LogP contribution in [0.15, 0.2) is 164 Å². The summed E-state index contributed by atoms with van der Waals surface area (Å²) in [6, 6.07) is 58.7. The molecule has 0 saturated heterocycles. The zero-order valence-corrected chi connectivity index (χ0v) is 29.5. The fourth-order valence-electron chi connectivity index (χ4n) is 5.86. The molecule has 9 aromatic rings. The van der Waals surface area contributed by atoms with Gasteiger partial charge in [0.1, 0.15) is 5.75 Å². The van der Waals surface area contributed by atoms with Crippen molar-refractivity contribution < 1.29 is 35.1 Å². The average Bonchev–Trinajstić information content (AvgIpc) is 3.18. The van der Waals surface area contributed by atoms with Gasteiger partial charge in [0.15, 0.2) is 5.69 Å². The van der Waals surface area contributed by atoms with Crippen molar-refractivity contribution in [2.45, 2.75) is 0 Å². The Hall–Kier alpha value is -6.27. The monoisotopic (exact) mass is 840 g/mol. The zero-order chi connectivity index (χ0) is 34.3. The summed E-state index contributed by atoms with van der Waals surface area (Å²) in [5.74, 6) is -1.53. The number of aromatic nitrogens is 3. The molecule has 51 heavy (non-hydrogen) atoms. The second-order valence-electron chi connectivity index (χ2n) is 11.3. The molecular weight excluding hydrogens is 811 g/mol. The second-order valence-corrected chi connectivity index (χ2v) is 11.3. The Morgan fingerprint density at radius 3 is 1.29 bits per heavy atom. The summed E-state index contributed by atoms with van der Waals surface area (Å²) in [6.07, 6.45) is 1.31. The van der Waals surface area contributed by atoms with Crippen LogP contribution < -0.4 is 0 Å². The van der Waals surface area contributed by atoms with Gasteiger partial charge in [0.05, 0.1) is 11.0 Å². The smallest absolute Gasteiger partial charge is 0.358 e. The maximum Gasteiger partial charge on any atom is 0.358 e. The van der Waals surface area contributed by atoms with Crippen LogP contribution in [0.2, 0.25) is 0 Å². The molecule has 3 heterocycles. The number of hydrogen-bond donors (Lipinski definition) is 2. The summed E-state index contributed by atoms with van der Waals surface area (Å²) in [5, 5.41) is 24.4. The van der Waals surface area contributed by atoms with Crippen LogP contribution in [-0.2, 0) is 20.1 Å². The first-order chi connectivity index (χ1) is 24.6. The number of rotatable bonds is 3. The van der Waals surface area contributed by atoms with E-state index in [0.29, 0.717) is 0 Å². The topological polar surface area (TPSA) is 96.2 Å². The van der Waals surface area contributed by atoms with Crippen molar-refractivity contribution in [2.75, 3.05) is 0 Å². The maximum absolute atomic E-state index is 10.2. The molecule has 0 bridgehead atoms. The largest absolute Gasteiger partial charge is 0.505 e. The van der Waals surface area contributed by atoms with Gasteiger partial charge < -0.3 is 10.2 Å². The van der Waals surface area contributed by atoms with Crippen molar-refractivity contribution in [3.8, 4) is 28.3 Å². The van der Waals surface area contributed by atoms with Gasteiger partial charge in [0, 0.05) is 37.1 Å². The second kappa shape index (κ2) is 16.0. The third kappa shape index (κ3) is 7.50. The Morgan fingerprint density at radius 2 is 0.902 bits per heavy atom. The Balaban J connectivity index is 0.000000138. The number of fused-ring (bicyclic) bond motifs is 6. The molecule has 0 unspecified atom stereocenters. The van der Waals surface area contributed by atoms with Gasteiger partial charge in [0.2, 0.25) is 0 Å². The van der Waals surface area contributed by atoms with Gasteiger partial charge in [-0.1, -0.05) is 84.9 Å². The van der Waals surface area contributed by atoms with Crippen molar-refractivity contribution in [3.63, 3.8) is 0 Å². The predicted molar refractivity (Wildman–Crippen MR) is 200 cm³/mol. The third-order valence-electron chi connectivity index (χ3n) is 8.13. The minimum atomic E-state index is -1.22. The molecule has 6 nitrogen and oxygen atoms in total. The van der Waals surface area contributed by atoms with Gasteiger partial charge in [-0.05, 0) is 57.2 Å². The van der Waals surface area contributed by atoms with Crippen LogP contribution in [0.5, 0.6) is 5.75 Å².